The first-order valence-electron chi connectivity index (χ1n) is 13.4. The standard InChI is InChI=1S/C29H36N6O2/c1-4-21-12-13-26-23(15-21)16-24(29(36)30-26)18-34(17-22-10-8-20(3)9-11-22)27(5-2)28-31-32-33-35(28)19-25-7-6-14-37-25/h8-13,15-16,25,27H,4-7,14,17-19H2,1-3H3,(H,30,36)/t25-,27+/m0/s1. The Bertz CT molecular complexity index is 1390. The van der Waals surface area contributed by atoms with Gasteiger partial charge in [0.1, 0.15) is 0 Å². The molecule has 4 aromatic rings. The summed E-state index contributed by atoms with van der Waals surface area (Å²) in [7, 11) is 0. The summed E-state index contributed by atoms with van der Waals surface area (Å²) in [6.45, 7) is 8.99. The maximum Gasteiger partial charge on any atom is 0.252 e. The molecule has 0 bridgehead atoms. The highest BCUT2D eigenvalue weighted by Gasteiger charge is 2.28. The van der Waals surface area contributed by atoms with Crippen molar-refractivity contribution in [2.45, 2.75) is 78.2 Å². The van der Waals surface area contributed by atoms with Gasteiger partial charge in [0, 0.05) is 30.8 Å². The lowest BCUT2D eigenvalue weighted by molar-refractivity contribution is 0.0888. The number of nitrogens with zero attached hydrogens (tertiary/aromatic N) is 5. The molecule has 1 aliphatic rings. The predicted molar refractivity (Wildman–Crippen MR) is 144 cm³/mol. The Morgan fingerprint density at radius 2 is 1.92 bits per heavy atom. The Kier molecular flexibility index (Phi) is 7.76. The number of fused-ring (bicyclic) bond motifs is 1. The largest absolute Gasteiger partial charge is 0.376 e. The highest BCUT2D eigenvalue weighted by Crippen LogP contribution is 2.27. The number of pyridine rings is 1. The molecule has 2 atom stereocenters. The minimum atomic E-state index is -0.0604. The van der Waals surface area contributed by atoms with Crippen molar-refractivity contribution in [1.82, 2.24) is 30.1 Å². The van der Waals surface area contributed by atoms with Crippen molar-refractivity contribution in [1.29, 1.82) is 0 Å². The van der Waals surface area contributed by atoms with Crippen molar-refractivity contribution in [2.75, 3.05) is 6.61 Å². The van der Waals surface area contributed by atoms with Crippen LogP contribution in [0, 0.1) is 6.92 Å². The number of ether oxygens (including phenoxy) is 1. The van der Waals surface area contributed by atoms with Crippen LogP contribution in [0.5, 0.6) is 0 Å². The van der Waals surface area contributed by atoms with Crippen LogP contribution in [-0.4, -0.2) is 42.8 Å². The average Bonchev–Trinajstić information content (AvgIpc) is 3.59. The molecule has 1 aliphatic heterocycles. The van der Waals surface area contributed by atoms with Crippen LogP contribution in [0.3, 0.4) is 0 Å². The summed E-state index contributed by atoms with van der Waals surface area (Å²) in [6, 6.07) is 16.8. The van der Waals surface area contributed by atoms with Crippen LogP contribution in [0.15, 0.2) is 53.3 Å². The number of benzene rings is 2. The van der Waals surface area contributed by atoms with E-state index in [9.17, 15) is 4.79 Å². The molecule has 0 unspecified atom stereocenters. The second-order valence-electron chi connectivity index (χ2n) is 10.1. The third-order valence-electron chi connectivity index (χ3n) is 7.36. The fourth-order valence-corrected chi connectivity index (χ4v) is 5.23. The minimum absolute atomic E-state index is 0.0561. The molecule has 0 amide bonds. The maximum atomic E-state index is 13.2. The Labute approximate surface area is 217 Å². The summed E-state index contributed by atoms with van der Waals surface area (Å²) in [5, 5.41) is 13.9. The Morgan fingerprint density at radius 1 is 1.11 bits per heavy atom. The summed E-state index contributed by atoms with van der Waals surface area (Å²) < 4.78 is 7.75. The van der Waals surface area contributed by atoms with E-state index < -0.39 is 0 Å². The molecule has 5 rings (SSSR count). The van der Waals surface area contributed by atoms with Crippen molar-refractivity contribution >= 4 is 10.9 Å². The Hall–Kier alpha value is -3.36. The van der Waals surface area contributed by atoms with Gasteiger partial charge in [-0.25, -0.2) is 4.68 Å². The molecule has 37 heavy (non-hydrogen) atoms. The van der Waals surface area contributed by atoms with Crippen LogP contribution in [-0.2, 0) is 30.8 Å². The molecule has 8 nitrogen and oxygen atoms in total. The quantitative estimate of drug-likeness (QED) is 0.339. The highest BCUT2D eigenvalue weighted by molar-refractivity contribution is 5.79. The van der Waals surface area contributed by atoms with Gasteiger partial charge in [-0.3, -0.25) is 9.69 Å². The van der Waals surface area contributed by atoms with Crippen molar-refractivity contribution in [3.63, 3.8) is 0 Å². The fraction of sp³-hybridized carbons (Fsp3) is 0.448. The number of H-pyrrole nitrogens is 1. The number of nitrogens with one attached hydrogen (secondary N) is 1. The lowest BCUT2D eigenvalue weighted by Gasteiger charge is -2.30. The normalized spacial score (nSPS) is 16.6. The van der Waals surface area contributed by atoms with E-state index in [-0.39, 0.29) is 17.7 Å². The topological polar surface area (TPSA) is 88.9 Å². The van der Waals surface area contributed by atoms with Crippen LogP contribution in [0.4, 0.5) is 0 Å². The van der Waals surface area contributed by atoms with E-state index in [1.807, 2.05) is 16.8 Å². The molecule has 194 valence electrons. The molecule has 2 aromatic heterocycles. The van der Waals surface area contributed by atoms with Gasteiger partial charge in [-0.05, 0) is 77.7 Å². The molecule has 0 radical (unpaired) electrons. The number of hydrogen-bond donors (Lipinski definition) is 1. The van der Waals surface area contributed by atoms with Gasteiger partial charge >= 0.3 is 0 Å². The van der Waals surface area contributed by atoms with E-state index in [0.717, 1.165) is 54.6 Å². The van der Waals surface area contributed by atoms with E-state index in [4.69, 9.17) is 4.74 Å². The smallest absolute Gasteiger partial charge is 0.252 e. The van der Waals surface area contributed by atoms with Gasteiger partial charge < -0.3 is 9.72 Å². The molecular formula is C29H36N6O2. The lowest BCUT2D eigenvalue weighted by Crippen LogP contribution is -2.33. The monoisotopic (exact) mass is 500 g/mol. The predicted octanol–water partition coefficient (Wildman–Crippen LogP) is 4.72. The lowest BCUT2D eigenvalue weighted by atomic mass is 10.0. The molecular weight excluding hydrogens is 464 g/mol. The first kappa shape index (κ1) is 25.3. The van der Waals surface area contributed by atoms with Crippen LogP contribution in [0.25, 0.3) is 10.9 Å². The molecule has 1 N–H and O–H groups in total. The first-order chi connectivity index (χ1) is 18.0. The molecule has 8 heteroatoms. The number of hydrogen-bond acceptors (Lipinski definition) is 6. The van der Waals surface area contributed by atoms with Gasteiger partial charge in [0.15, 0.2) is 5.82 Å². The van der Waals surface area contributed by atoms with Crippen molar-refractivity contribution in [2.24, 2.45) is 0 Å². The zero-order valence-corrected chi connectivity index (χ0v) is 22.0. The molecule has 2 aromatic carbocycles. The molecule has 0 spiro atoms. The number of aromatic amines is 1. The van der Waals surface area contributed by atoms with E-state index in [0.29, 0.717) is 19.6 Å². The van der Waals surface area contributed by atoms with Gasteiger partial charge in [0.25, 0.3) is 5.56 Å². The average molecular weight is 501 g/mol. The van der Waals surface area contributed by atoms with Crippen LogP contribution in [0.1, 0.15) is 67.2 Å². The van der Waals surface area contributed by atoms with Crippen LogP contribution < -0.4 is 5.56 Å². The number of tetrazole rings is 1. The Morgan fingerprint density at radius 3 is 2.65 bits per heavy atom. The molecule has 0 saturated carbocycles. The van der Waals surface area contributed by atoms with Crippen LogP contribution >= 0.6 is 0 Å². The van der Waals surface area contributed by atoms with Gasteiger partial charge in [-0.15, -0.1) is 5.10 Å². The third-order valence-corrected chi connectivity index (χ3v) is 7.36. The van der Waals surface area contributed by atoms with Gasteiger partial charge in [0.2, 0.25) is 0 Å². The Balaban J connectivity index is 1.50. The maximum absolute atomic E-state index is 13.2. The summed E-state index contributed by atoms with van der Waals surface area (Å²) in [6.07, 6.45) is 4.00. The van der Waals surface area contributed by atoms with Crippen molar-refractivity contribution in [3.8, 4) is 0 Å². The van der Waals surface area contributed by atoms with Gasteiger partial charge in [-0.2, -0.15) is 0 Å². The number of rotatable bonds is 10. The van der Waals surface area contributed by atoms with Crippen molar-refractivity contribution < 1.29 is 4.74 Å². The van der Waals surface area contributed by atoms with Crippen molar-refractivity contribution in [3.05, 3.63) is 87.0 Å². The second-order valence-corrected chi connectivity index (χ2v) is 10.1. The van der Waals surface area contributed by atoms with E-state index in [1.54, 1.807) is 0 Å². The fourth-order valence-electron chi connectivity index (χ4n) is 5.23. The zero-order chi connectivity index (χ0) is 25.8. The van der Waals surface area contributed by atoms with Gasteiger partial charge in [-0.1, -0.05) is 49.7 Å². The zero-order valence-electron chi connectivity index (χ0n) is 22.0. The molecule has 0 aliphatic carbocycles. The van der Waals surface area contributed by atoms with Crippen LogP contribution in [0.2, 0.25) is 0 Å². The van der Waals surface area contributed by atoms with E-state index >= 15 is 0 Å². The summed E-state index contributed by atoms with van der Waals surface area (Å²) in [5.41, 5.74) is 5.21. The summed E-state index contributed by atoms with van der Waals surface area (Å²) >= 11 is 0. The highest BCUT2D eigenvalue weighted by atomic mass is 16.5. The third kappa shape index (κ3) is 5.81. The SMILES string of the molecule is CCc1ccc2[nH]c(=O)c(CN(Cc3ccc(C)cc3)[C@H](CC)c3nnnn3C[C@@H]3CCCO3)cc2c1. The summed E-state index contributed by atoms with van der Waals surface area (Å²) in [4.78, 5) is 18.6. The minimum Gasteiger partial charge on any atom is -0.376 e. The van der Waals surface area contributed by atoms with E-state index in [1.165, 1.54) is 16.7 Å². The summed E-state index contributed by atoms with van der Waals surface area (Å²) in [5.74, 6) is 0.815. The second kappa shape index (κ2) is 11.4. The van der Waals surface area contributed by atoms with Gasteiger partial charge in [0.05, 0.1) is 18.7 Å². The molecule has 1 fully saturated rings. The number of aryl methyl sites for hydroxylation is 2. The molecule has 3 heterocycles. The molecule has 1 saturated heterocycles. The first-order valence-corrected chi connectivity index (χ1v) is 13.4. The number of aromatic nitrogens is 5. The van der Waals surface area contributed by atoms with E-state index in [2.05, 4.69) is 82.6 Å².